The molecule has 0 radical (unpaired) electrons. The minimum atomic E-state index is -3.32. The van der Waals surface area contributed by atoms with Crippen LogP contribution in [0.1, 0.15) is 18.4 Å². The Morgan fingerprint density at radius 2 is 1.83 bits per heavy atom. The number of benzene rings is 1. The summed E-state index contributed by atoms with van der Waals surface area (Å²) in [6.45, 7) is 4.89. The lowest BCUT2D eigenvalue weighted by atomic mass is 10.2. The fourth-order valence-corrected chi connectivity index (χ4v) is 3.79. The zero-order valence-electron chi connectivity index (χ0n) is 10.7. The van der Waals surface area contributed by atoms with Crippen molar-refractivity contribution in [3.8, 4) is 0 Å². The van der Waals surface area contributed by atoms with Crippen LogP contribution in [0.3, 0.4) is 0 Å². The normalized spacial score (nSPS) is 19.2. The lowest BCUT2D eigenvalue weighted by molar-refractivity contribution is 0.371. The summed E-state index contributed by atoms with van der Waals surface area (Å²) in [6.07, 6.45) is 1.73. The molecule has 1 N–H and O–H groups in total. The Balaban J connectivity index is 2.23. The van der Waals surface area contributed by atoms with E-state index >= 15 is 0 Å². The number of nitrogens with zero attached hydrogens (tertiary/aromatic N) is 1. The summed E-state index contributed by atoms with van der Waals surface area (Å²) in [4.78, 5) is 0.413. The van der Waals surface area contributed by atoms with E-state index in [0.29, 0.717) is 18.0 Å². The minimum absolute atomic E-state index is 0.413. The summed E-state index contributed by atoms with van der Waals surface area (Å²) < 4.78 is 26.6. The Morgan fingerprint density at radius 1 is 1.17 bits per heavy atom. The molecule has 1 aromatic carbocycles. The van der Waals surface area contributed by atoms with E-state index in [2.05, 4.69) is 5.32 Å². The summed E-state index contributed by atoms with van der Waals surface area (Å²) in [5, 5.41) is 3.29. The third kappa shape index (κ3) is 3.10. The summed E-state index contributed by atoms with van der Waals surface area (Å²) in [5.74, 6) is 0. The van der Waals surface area contributed by atoms with Gasteiger partial charge in [0.1, 0.15) is 0 Å². The van der Waals surface area contributed by atoms with Gasteiger partial charge >= 0.3 is 0 Å². The van der Waals surface area contributed by atoms with Gasteiger partial charge in [0.25, 0.3) is 0 Å². The number of rotatable bonds is 2. The molecular weight excluding hydrogens is 248 g/mol. The maximum absolute atomic E-state index is 12.5. The van der Waals surface area contributed by atoms with Gasteiger partial charge in [-0.05, 0) is 50.6 Å². The van der Waals surface area contributed by atoms with Crippen molar-refractivity contribution >= 4 is 10.0 Å². The van der Waals surface area contributed by atoms with E-state index in [1.165, 1.54) is 0 Å². The van der Waals surface area contributed by atoms with E-state index in [1.807, 2.05) is 13.0 Å². The van der Waals surface area contributed by atoms with Crippen LogP contribution in [0.2, 0.25) is 0 Å². The second-order valence-corrected chi connectivity index (χ2v) is 6.62. The molecule has 0 bridgehead atoms. The SMILES string of the molecule is Cc1cccc(S(=O)(=O)N2CCCNCCC2)c1. The van der Waals surface area contributed by atoms with Crippen molar-refractivity contribution in [1.82, 2.24) is 9.62 Å². The van der Waals surface area contributed by atoms with E-state index < -0.39 is 10.0 Å². The van der Waals surface area contributed by atoms with Gasteiger partial charge in [-0.2, -0.15) is 4.31 Å². The number of sulfonamides is 1. The molecule has 0 aliphatic carbocycles. The third-order valence-electron chi connectivity index (χ3n) is 3.15. The molecule has 4 nitrogen and oxygen atoms in total. The van der Waals surface area contributed by atoms with Gasteiger partial charge in [0, 0.05) is 13.1 Å². The number of hydrogen-bond acceptors (Lipinski definition) is 3. The summed E-state index contributed by atoms with van der Waals surface area (Å²) in [6, 6.07) is 7.13. The highest BCUT2D eigenvalue weighted by Gasteiger charge is 2.24. The second kappa shape index (κ2) is 5.82. The molecule has 100 valence electrons. The Kier molecular flexibility index (Phi) is 4.37. The fourth-order valence-electron chi connectivity index (χ4n) is 2.16. The van der Waals surface area contributed by atoms with Crippen LogP contribution in [-0.4, -0.2) is 38.9 Å². The highest BCUT2D eigenvalue weighted by molar-refractivity contribution is 7.89. The largest absolute Gasteiger partial charge is 0.317 e. The molecule has 0 saturated carbocycles. The van der Waals surface area contributed by atoms with E-state index in [4.69, 9.17) is 0 Å². The average Bonchev–Trinajstić information content (AvgIpc) is 2.27. The molecule has 5 heteroatoms. The van der Waals surface area contributed by atoms with Gasteiger partial charge in [0.15, 0.2) is 0 Å². The average molecular weight is 268 g/mol. The van der Waals surface area contributed by atoms with Crippen LogP contribution < -0.4 is 5.32 Å². The molecular formula is C13H20N2O2S. The predicted molar refractivity (Wildman–Crippen MR) is 72.0 cm³/mol. The standard InChI is InChI=1S/C13H20N2O2S/c1-12-5-2-6-13(11-12)18(16,17)15-9-3-7-14-8-4-10-15/h2,5-6,11,14H,3-4,7-10H2,1H3. The Labute approximate surface area is 109 Å². The van der Waals surface area contributed by atoms with Gasteiger partial charge in [-0.25, -0.2) is 8.42 Å². The quantitative estimate of drug-likeness (QED) is 0.881. The minimum Gasteiger partial charge on any atom is -0.317 e. The maximum atomic E-state index is 12.5. The first-order valence-corrected chi connectivity index (χ1v) is 7.82. The van der Waals surface area contributed by atoms with Gasteiger partial charge < -0.3 is 5.32 Å². The number of aryl methyl sites for hydroxylation is 1. The molecule has 2 rings (SSSR count). The summed E-state index contributed by atoms with van der Waals surface area (Å²) >= 11 is 0. The monoisotopic (exact) mass is 268 g/mol. The van der Waals surface area contributed by atoms with Gasteiger partial charge in [-0.3, -0.25) is 0 Å². The first-order chi connectivity index (χ1) is 8.60. The van der Waals surface area contributed by atoms with Crippen molar-refractivity contribution in [2.45, 2.75) is 24.7 Å². The van der Waals surface area contributed by atoms with Crippen molar-refractivity contribution in [3.63, 3.8) is 0 Å². The van der Waals surface area contributed by atoms with Crippen molar-refractivity contribution in [1.29, 1.82) is 0 Å². The number of hydrogen-bond donors (Lipinski definition) is 1. The van der Waals surface area contributed by atoms with Crippen molar-refractivity contribution in [3.05, 3.63) is 29.8 Å². The van der Waals surface area contributed by atoms with Crippen LogP contribution in [0.25, 0.3) is 0 Å². The molecule has 1 aliphatic heterocycles. The Morgan fingerprint density at radius 3 is 2.44 bits per heavy atom. The molecule has 0 aromatic heterocycles. The first-order valence-electron chi connectivity index (χ1n) is 6.38. The molecule has 1 saturated heterocycles. The van der Waals surface area contributed by atoms with Crippen LogP contribution in [0.4, 0.5) is 0 Å². The highest BCUT2D eigenvalue weighted by Crippen LogP contribution is 2.17. The summed E-state index contributed by atoms with van der Waals surface area (Å²) in [7, 11) is -3.32. The Hall–Kier alpha value is -0.910. The van der Waals surface area contributed by atoms with Gasteiger partial charge in [-0.15, -0.1) is 0 Å². The molecule has 0 unspecified atom stereocenters. The molecule has 0 atom stereocenters. The van der Waals surface area contributed by atoms with Crippen molar-refractivity contribution in [2.75, 3.05) is 26.2 Å². The fraction of sp³-hybridized carbons (Fsp3) is 0.538. The zero-order chi connectivity index (χ0) is 13.0. The topological polar surface area (TPSA) is 49.4 Å². The van der Waals surface area contributed by atoms with E-state index in [-0.39, 0.29) is 0 Å². The zero-order valence-corrected chi connectivity index (χ0v) is 11.5. The second-order valence-electron chi connectivity index (χ2n) is 4.68. The molecule has 18 heavy (non-hydrogen) atoms. The molecule has 1 aromatic rings. The predicted octanol–water partition coefficient (Wildman–Crippen LogP) is 1.37. The molecule has 1 aliphatic rings. The summed E-state index contributed by atoms with van der Waals surface area (Å²) in [5.41, 5.74) is 0.977. The van der Waals surface area contributed by atoms with Gasteiger partial charge in [-0.1, -0.05) is 12.1 Å². The molecule has 1 heterocycles. The first kappa shape index (κ1) is 13.5. The van der Waals surface area contributed by atoms with Crippen molar-refractivity contribution < 1.29 is 8.42 Å². The van der Waals surface area contributed by atoms with Gasteiger partial charge in [0.05, 0.1) is 4.90 Å². The van der Waals surface area contributed by atoms with Crippen LogP contribution in [0.15, 0.2) is 29.2 Å². The van der Waals surface area contributed by atoms with Crippen LogP contribution in [-0.2, 0) is 10.0 Å². The Bertz CT molecular complexity index is 491. The maximum Gasteiger partial charge on any atom is 0.243 e. The lowest BCUT2D eigenvalue weighted by Gasteiger charge is -2.24. The van der Waals surface area contributed by atoms with Crippen LogP contribution in [0.5, 0.6) is 0 Å². The molecule has 1 fully saturated rings. The molecule has 0 spiro atoms. The van der Waals surface area contributed by atoms with E-state index in [0.717, 1.165) is 31.5 Å². The lowest BCUT2D eigenvalue weighted by Crippen LogP contribution is -2.38. The van der Waals surface area contributed by atoms with Crippen LogP contribution in [0, 0.1) is 6.92 Å². The smallest absolute Gasteiger partial charge is 0.243 e. The van der Waals surface area contributed by atoms with Crippen LogP contribution >= 0.6 is 0 Å². The third-order valence-corrected chi connectivity index (χ3v) is 5.04. The molecule has 0 amide bonds. The van der Waals surface area contributed by atoms with E-state index in [9.17, 15) is 8.42 Å². The number of nitrogens with one attached hydrogen (secondary N) is 1. The highest BCUT2D eigenvalue weighted by atomic mass is 32.2. The van der Waals surface area contributed by atoms with Gasteiger partial charge in [0.2, 0.25) is 10.0 Å². The van der Waals surface area contributed by atoms with E-state index in [1.54, 1.807) is 22.5 Å². The van der Waals surface area contributed by atoms with Crippen molar-refractivity contribution in [2.24, 2.45) is 0 Å².